The molecule has 0 saturated heterocycles. The number of rotatable bonds is 3. The average Bonchev–Trinajstić information content (AvgIpc) is 2.54. The smallest absolute Gasteiger partial charge is 0.0454 e. The van der Waals surface area contributed by atoms with Crippen LogP contribution in [0.1, 0.15) is 78.4 Å². The molecule has 1 heteroatoms. The zero-order valence-electron chi connectivity index (χ0n) is 21.3. The Morgan fingerprint density at radius 3 is 2.29 bits per heavy atom. The van der Waals surface area contributed by atoms with E-state index in [-0.39, 0.29) is 5.69 Å². The standard InChI is InChI=1S/C20H27N/c1-12(2)18-10-15(6)19(11-14(18)5)17-8-9-20(13(3)4)21-16(17)7/h8-13H,1-7H3/i1D3,3D3,12D,13D. The number of hydrogen-bond acceptors (Lipinski definition) is 1. The summed E-state index contributed by atoms with van der Waals surface area (Å²) in [6.07, 6.45) is 0. The summed E-state index contributed by atoms with van der Waals surface area (Å²) in [5.41, 5.74) is 4.32. The van der Waals surface area contributed by atoms with Crippen molar-refractivity contribution in [3.05, 3.63) is 52.3 Å². The maximum absolute atomic E-state index is 8.38. The number of aromatic nitrogens is 1. The third-order valence-electron chi connectivity index (χ3n) is 3.74. The van der Waals surface area contributed by atoms with Gasteiger partial charge in [-0.2, -0.15) is 0 Å². The highest BCUT2D eigenvalue weighted by Gasteiger charge is 2.12. The van der Waals surface area contributed by atoms with Crippen molar-refractivity contribution in [1.29, 1.82) is 0 Å². The normalized spacial score (nSPS) is 23.9. The molecular formula is C20H27N. The molecule has 0 N–H and O–H groups in total. The van der Waals surface area contributed by atoms with Crippen molar-refractivity contribution in [3.8, 4) is 11.1 Å². The minimum atomic E-state index is -2.50. The molecule has 2 unspecified atom stereocenters. The second-order valence-electron chi connectivity index (χ2n) is 5.56. The Morgan fingerprint density at radius 1 is 0.952 bits per heavy atom. The minimum Gasteiger partial charge on any atom is -0.257 e. The Labute approximate surface area is 140 Å². The molecule has 0 bridgehead atoms. The molecule has 1 heterocycles. The molecule has 0 aliphatic heterocycles. The van der Waals surface area contributed by atoms with Crippen LogP contribution in [-0.2, 0) is 0 Å². The topological polar surface area (TPSA) is 12.9 Å². The van der Waals surface area contributed by atoms with Gasteiger partial charge in [0.25, 0.3) is 0 Å². The van der Waals surface area contributed by atoms with Gasteiger partial charge >= 0.3 is 0 Å². The first kappa shape index (κ1) is 8.12. The molecule has 2 atom stereocenters. The van der Waals surface area contributed by atoms with Crippen molar-refractivity contribution < 1.29 is 11.0 Å². The van der Waals surface area contributed by atoms with Gasteiger partial charge in [-0.25, -0.2) is 0 Å². The molecule has 1 aromatic heterocycles. The summed E-state index contributed by atoms with van der Waals surface area (Å²) < 4.78 is 62.5. The summed E-state index contributed by atoms with van der Waals surface area (Å²) in [5, 5.41) is 0. The average molecular weight is 289 g/mol. The van der Waals surface area contributed by atoms with E-state index in [1.165, 1.54) is 13.8 Å². The maximum atomic E-state index is 8.38. The van der Waals surface area contributed by atoms with Crippen LogP contribution in [0.2, 0.25) is 0 Å². The van der Waals surface area contributed by atoms with Crippen molar-refractivity contribution in [1.82, 2.24) is 4.98 Å². The molecule has 2 rings (SSSR count). The van der Waals surface area contributed by atoms with Gasteiger partial charge in [-0.15, -0.1) is 0 Å². The van der Waals surface area contributed by atoms with Crippen LogP contribution in [0.25, 0.3) is 11.1 Å². The van der Waals surface area contributed by atoms with E-state index in [1.807, 2.05) is 13.0 Å². The van der Waals surface area contributed by atoms with Crippen molar-refractivity contribution in [3.63, 3.8) is 0 Å². The third kappa shape index (κ3) is 3.18. The monoisotopic (exact) mass is 289 g/mol. The highest BCUT2D eigenvalue weighted by Crippen LogP contribution is 2.31. The van der Waals surface area contributed by atoms with Crippen LogP contribution in [0.4, 0.5) is 0 Å². The zero-order chi connectivity index (χ0) is 22.6. The lowest BCUT2D eigenvalue weighted by Crippen LogP contribution is -1.99. The van der Waals surface area contributed by atoms with Crippen molar-refractivity contribution in [2.24, 2.45) is 0 Å². The second kappa shape index (κ2) is 6.01. The fraction of sp³-hybridized carbons (Fsp3) is 0.450. The van der Waals surface area contributed by atoms with E-state index >= 15 is 0 Å². The summed E-state index contributed by atoms with van der Waals surface area (Å²) in [6, 6.07) is 6.88. The van der Waals surface area contributed by atoms with Crippen LogP contribution in [0.15, 0.2) is 24.3 Å². The molecule has 0 aliphatic rings. The summed E-state index contributed by atoms with van der Waals surface area (Å²) >= 11 is 0. The molecule has 0 spiro atoms. The lowest BCUT2D eigenvalue weighted by Gasteiger charge is -2.17. The molecule has 2 aromatic rings. The van der Waals surface area contributed by atoms with Gasteiger partial charge < -0.3 is 0 Å². The predicted octanol–water partition coefficient (Wildman–Crippen LogP) is 5.92. The molecule has 1 nitrogen and oxygen atoms in total. The molecule has 0 fully saturated rings. The first-order chi connectivity index (χ1) is 12.9. The van der Waals surface area contributed by atoms with Crippen LogP contribution in [-0.4, -0.2) is 4.98 Å². The Bertz CT molecular complexity index is 923. The van der Waals surface area contributed by atoms with Gasteiger partial charge in [-0.1, -0.05) is 45.8 Å². The van der Waals surface area contributed by atoms with Gasteiger partial charge in [0.05, 0.1) is 0 Å². The quantitative estimate of drug-likeness (QED) is 0.683. The minimum absolute atomic E-state index is 0.172. The SMILES string of the molecule is [2H]C([2H])([2H])C([2H])(C)c1ccc(-c2cc(C)c(C([2H])(C)C([2H])([2H])[2H])cc2C)c(C)n1. The van der Waals surface area contributed by atoms with Crippen molar-refractivity contribution in [2.45, 2.75) is 60.1 Å². The molecule has 0 radical (unpaired) electrons. The van der Waals surface area contributed by atoms with Gasteiger partial charge in [0.1, 0.15) is 0 Å². The van der Waals surface area contributed by atoms with Crippen LogP contribution >= 0.6 is 0 Å². The fourth-order valence-corrected chi connectivity index (χ4v) is 2.56. The van der Waals surface area contributed by atoms with E-state index in [2.05, 4.69) is 4.98 Å². The van der Waals surface area contributed by atoms with Gasteiger partial charge in [0.15, 0.2) is 0 Å². The van der Waals surface area contributed by atoms with Crippen LogP contribution in [0.5, 0.6) is 0 Å². The summed E-state index contributed by atoms with van der Waals surface area (Å²) in [7, 11) is 0. The highest BCUT2D eigenvalue weighted by molar-refractivity contribution is 5.71. The van der Waals surface area contributed by atoms with Crippen LogP contribution in [0.3, 0.4) is 0 Å². The molecular weight excluding hydrogens is 254 g/mol. The van der Waals surface area contributed by atoms with Gasteiger partial charge in [0.2, 0.25) is 0 Å². The van der Waals surface area contributed by atoms with E-state index in [1.54, 1.807) is 32.0 Å². The Hall–Kier alpha value is -1.63. The largest absolute Gasteiger partial charge is 0.257 e. The Kier molecular flexibility index (Phi) is 2.32. The lowest BCUT2D eigenvalue weighted by atomic mass is 9.90. The number of benzene rings is 1. The van der Waals surface area contributed by atoms with Crippen molar-refractivity contribution in [2.75, 3.05) is 0 Å². The molecule has 0 amide bonds. The molecule has 1 aromatic carbocycles. The molecule has 21 heavy (non-hydrogen) atoms. The first-order valence-electron chi connectivity index (χ1n) is 11.0. The summed E-state index contributed by atoms with van der Waals surface area (Å²) in [6.45, 7) is 3.15. The van der Waals surface area contributed by atoms with Crippen LogP contribution < -0.4 is 0 Å². The van der Waals surface area contributed by atoms with Gasteiger partial charge in [-0.3, -0.25) is 4.98 Å². The predicted molar refractivity (Wildman–Crippen MR) is 92.1 cm³/mol. The Morgan fingerprint density at radius 2 is 1.67 bits per heavy atom. The number of aryl methyl sites for hydroxylation is 3. The van der Waals surface area contributed by atoms with E-state index in [0.717, 1.165) is 16.7 Å². The maximum Gasteiger partial charge on any atom is 0.0454 e. The molecule has 112 valence electrons. The Balaban J connectivity index is 2.59. The van der Waals surface area contributed by atoms with E-state index in [4.69, 9.17) is 11.0 Å². The summed E-state index contributed by atoms with van der Waals surface area (Å²) in [4.78, 5) is 4.39. The molecule has 0 saturated carbocycles. The van der Waals surface area contributed by atoms with Crippen LogP contribution in [0, 0.1) is 20.8 Å². The molecule has 0 aliphatic carbocycles. The highest BCUT2D eigenvalue weighted by atomic mass is 14.7. The fourth-order valence-electron chi connectivity index (χ4n) is 2.56. The summed E-state index contributed by atoms with van der Waals surface area (Å²) in [5.74, 6) is -3.55. The second-order valence-corrected chi connectivity index (χ2v) is 5.56. The number of hydrogen-bond donors (Lipinski definition) is 0. The van der Waals surface area contributed by atoms with E-state index in [0.29, 0.717) is 16.8 Å². The first-order valence-corrected chi connectivity index (χ1v) is 7.01. The van der Waals surface area contributed by atoms with Gasteiger partial charge in [0, 0.05) is 27.9 Å². The van der Waals surface area contributed by atoms with E-state index in [9.17, 15) is 0 Å². The van der Waals surface area contributed by atoms with Gasteiger partial charge in [-0.05, 0) is 60.9 Å². The van der Waals surface area contributed by atoms with E-state index < -0.39 is 25.5 Å². The lowest BCUT2D eigenvalue weighted by molar-refractivity contribution is 0.816. The van der Waals surface area contributed by atoms with Crippen molar-refractivity contribution >= 4 is 0 Å². The third-order valence-corrected chi connectivity index (χ3v) is 3.74. The number of nitrogens with zero attached hydrogens (tertiary/aromatic N) is 1. The number of pyridine rings is 1. The zero-order valence-corrected chi connectivity index (χ0v) is 13.3.